The van der Waals surface area contributed by atoms with Gasteiger partial charge in [-0.15, -0.1) is 0 Å². The van der Waals surface area contributed by atoms with Gasteiger partial charge in [0.2, 0.25) is 5.43 Å². The summed E-state index contributed by atoms with van der Waals surface area (Å²) in [7, 11) is 2.07. The van der Waals surface area contributed by atoms with Crippen LogP contribution in [-0.4, -0.2) is 56.3 Å². The van der Waals surface area contributed by atoms with Crippen molar-refractivity contribution in [2.45, 2.75) is 18.9 Å². The van der Waals surface area contributed by atoms with Crippen molar-refractivity contribution in [3.8, 4) is 0 Å². The number of aromatic nitrogens is 4. The van der Waals surface area contributed by atoms with Crippen LogP contribution >= 0.6 is 0 Å². The monoisotopic (exact) mass is 376 g/mol. The lowest BCUT2D eigenvalue weighted by Gasteiger charge is -2.29. The topological polar surface area (TPSA) is 95.4 Å². The van der Waals surface area contributed by atoms with Gasteiger partial charge < -0.3 is 15.2 Å². The SMILES string of the molecule is CN1CCC(NC(=O)c2c(=O)c3cncnc3n3c2[nH]c2ccccc23)CC1. The Labute approximate surface area is 160 Å². The quantitative estimate of drug-likeness (QED) is 0.553. The van der Waals surface area contributed by atoms with Gasteiger partial charge >= 0.3 is 0 Å². The number of aromatic amines is 1. The van der Waals surface area contributed by atoms with Crippen LogP contribution in [-0.2, 0) is 0 Å². The number of fused-ring (bicyclic) bond motifs is 5. The van der Waals surface area contributed by atoms with Crippen LogP contribution in [0.25, 0.3) is 27.7 Å². The van der Waals surface area contributed by atoms with Crippen molar-refractivity contribution in [1.29, 1.82) is 0 Å². The number of hydrogen-bond acceptors (Lipinski definition) is 5. The fraction of sp³-hybridized carbons (Fsp3) is 0.300. The predicted octanol–water partition coefficient (Wildman–Crippen LogP) is 1.55. The van der Waals surface area contributed by atoms with Crippen LogP contribution < -0.4 is 10.7 Å². The lowest BCUT2D eigenvalue weighted by Crippen LogP contribution is -2.44. The van der Waals surface area contributed by atoms with E-state index in [0.717, 1.165) is 37.0 Å². The Balaban J connectivity index is 1.72. The normalized spacial score (nSPS) is 16.2. The van der Waals surface area contributed by atoms with Gasteiger partial charge in [-0.3, -0.25) is 14.0 Å². The predicted molar refractivity (Wildman–Crippen MR) is 107 cm³/mol. The third-order valence-electron chi connectivity index (χ3n) is 5.51. The molecule has 4 heterocycles. The molecule has 4 aromatic rings. The number of rotatable bonds is 2. The Morgan fingerprint density at radius 3 is 2.86 bits per heavy atom. The highest BCUT2D eigenvalue weighted by Gasteiger charge is 2.25. The second-order valence-electron chi connectivity index (χ2n) is 7.34. The van der Waals surface area contributed by atoms with Gasteiger partial charge in [0.05, 0.1) is 16.4 Å². The fourth-order valence-electron chi connectivity index (χ4n) is 4.00. The first-order valence-electron chi connectivity index (χ1n) is 9.38. The average Bonchev–Trinajstić information content (AvgIpc) is 3.09. The van der Waals surface area contributed by atoms with Crippen molar-refractivity contribution in [3.05, 3.63) is 52.6 Å². The van der Waals surface area contributed by atoms with Crippen LogP contribution in [0.15, 0.2) is 41.6 Å². The second-order valence-corrected chi connectivity index (χ2v) is 7.34. The summed E-state index contributed by atoms with van der Waals surface area (Å²) in [4.78, 5) is 40.1. The van der Waals surface area contributed by atoms with E-state index in [1.807, 2.05) is 28.7 Å². The van der Waals surface area contributed by atoms with Crippen molar-refractivity contribution in [3.63, 3.8) is 0 Å². The smallest absolute Gasteiger partial charge is 0.259 e. The molecule has 2 N–H and O–H groups in total. The highest BCUT2D eigenvalue weighted by molar-refractivity contribution is 6.05. The number of likely N-dealkylation sites (tertiary alicyclic amines) is 1. The van der Waals surface area contributed by atoms with E-state index in [9.17, 15) is 9.59 Å². The van der Waals surface area contributed by atoms with Gasteiger partial charge in [0.15, 0.2) is 5.65 Å². The van der Waals surface area contributed by atoms with Gasteiger partial charge in [-0.2, -0.15) is 0 Å². The molecule has 8 nitrogen and oxygen atoms in total. The molecule has 1 fully saturated rings. The zero-order chi connectivity index (χ0) is 19.3. The molecule has 1 amide bonds. The number of imidazole rings is 1. The average molecular weight is 376 g/mol. The lowest BCUT2D eigenvalue weighted by atomic mass is 10.0. The number of piperidine rings is 1. The molecule has 0 unspecified atom stereocenters. The minimum atomic E-state index is -0.354. The van der Waals surface area contributed by atoms with Gasteiger partial charge in [0.1, 0.15) is 17.5 Å². The molecule has 0 bridgehead atoms. The van der Waals surface area contributed by atoms with Crippen LogP contribution in [0.2, 0.25) is 0 Å². The molecule has 0 radical (unpaired) electrons. The second kappa shape index (κ2) is 6.42. The van der Waals surface area contributed by atoms with E-state index in [0.29, 0.717) is 16.7 Å². The van der Waals surface area contributed by atoms with Gasteiger partial charge in [-0.1, -0.05) is 12.1 Å². The molecule has 1 aliphatic rings. The maximum absolute atomic E-state index is 13.2. The summed E-state index contributed by atoms with van der Waals surface area (Å²) in [5.74, 6) is -0.352. The zero-order valence-corrected chi connectivity index (χ0v) is 15.5. The van der Waals surface area contributed by atoms with Gasteiger partial charge in [-0.25, -0.2) is 9.97 Å². The van der Waals surface area contributed by atoms with Crippen molar-refractivity contribution >= 4 is 33.6 Å². The Bertz CT molecular complexity index is 1270. The standard InChI is InChI=1S/C20H20N6O2/c1-25-8-6-12(7-9-25)23-20(28)16-17(27)13-10-21-11-22-18(13)26-15-5-3-2-4-14(15)24-19(16)26/h2-5,10-12,24H,6-9H2,1H3,(H,23,28). The number of carbonyl (C=O) groups excluding carboxylic acids is 1. The molecule has 1 aliphatic heterocycles. The number of amides is 1. The zero-order valence-electron chi connectivity index (χ0n) is 15.5. The third-order valence-corrected chi connectivity index (χ3v) is 5.51. The third kappa shape index (κ3) is 2.56. The van der Waals surface area contributed by atoms with Gasteiger partial charge in [0.25, 0.3) is 5.91 Å². The minimum absolute atomic E-state index is 0.0650. The first-order valence-corrected chi connectivity index (χ1v) is 9.38. The van der Waals surface area contributed by atoms with E-state index >= 15 is 0 Å². The van der Waals surface area contributed by atoms with E-state index in [1.165, 1.54) is 12.5 Å². The van der Waals surface area contributed by atoms with Crippen molar-refractivity contribution < 1.29 is 4.79 Å². The molecule has 28 heavy (non-hydrogen) atoms. The van der Waals surface area contributed by atoms with E-state index < -0.39 is 0 Å². The summed E-state index contributed by atoms with van der Waals surface area (Å²) in [6, 6.07) is 7.74. The molecular formula is C20H20N6O2. The minimum Gasteiger partial charge on any atom is -0.349 e. The molecule has 0 aliphatic carbocycles. The molecule has 8 heteroatoms. The molecule has 0 atom stereocenters. The van der Waals surface area contributed by atoms with E-state index in [1.54, 1.807) is 0 Å². The molecule has 1 aromatic carbocycles. The van der Waals surface area contributed by atoms with E-state index in [4.69, 9.17) is 0 Å². The number of nitrogens with one attached hydrogen (secondary N) is 2. The summed E-state index contributed by atoms with van der Waals surface area (Å²) >= 11 is 0. The summed E-state index contributed by atoms with van der Waals surface area (Å²) < 4.78 is 1.83. The van der Waals surface area contributed by atoms with E-state index in [2.05, 4.69) is 32.2 Å². The first kappa shape index (κ1) is 16.9. The number of benzene rings is 1. The summed E-state index contributed by atoms with van der Waals surface area (Å²) in [5.41, 5.74) is 2.40. The molecule has 3 aromatic heterocycles. The Morgan fingerprint density at radius 1 is 1.25 bits per heavy atom. The molecule has 5 rings (SSSR count). The highest BCUT2D eigenvalue weighted by Crippen LogP contribution is 2.22. The fourth-order valence-corrected chi connectivity index (χ4v) is 4.00. The molecule has 142 valence electrons. The summed E-state index contributed by atoms with van der Waals surface area (Å²) in [6.07, 6.45) is 4.63. The summed E-state index contributed by atoms with van der Waals surface area (Å²) in [5, 5.41) is 3.39. The number of carbonyl (C=O) groups is 1. The largest absolute Gasteiger partial charge is 0.349 e. The number of H-pyrrole nitrogens is 1. The van der Waals surface area contributed by atoms with E-state index in [-0.39, 0.29) is 22.9 Å². The molecule has 0 spiro atoms. The number of nitrogens with zero attached hydrogens (tertiary/aromatic N) is 4. The van der Waals surface area contributed by atoms with Crippen LogP contribution in [0, 0.1) is 0 Å². The van der Waals surface area contributed by atoms with Crippen molar-refractivity contribution in [2.24, 2.45) is 0 Å². The summed E-state index contributed by atoms with van der Waals surface area (Å²) in [6.45, 7) is 1.86. The maximum atomic E-state index is 13.2. The van der Waals surface area contributed by atoms with Crippen LogP contribution in [0.1, 0.15) is 23.2 Å². The molecule has 1 saturated heterocycles. The number of pyridine rings is 1. The van der Waals surface area contributed by atoms with Crippen LogP contribution in [0.5, 0.6) is 0 Å². The highest BCUT2D eigenvalue weighted by atomic mass is 16.2. The number of hydrogen-bond donors (Lipinski definition) is 2. The number of para-hydroxylation sites is 2. The van der Waals surface area contributed by atoms with Crippen molar-refractivity contribution in [1.82, 2.24) is 29.6 Å². The lowest BCUT2D eigenvalue weighted by molar-refractivity contribution is 0.0917. The Kier molecular flexibility index (Phi) is 3.87. The van der Waals surface area contributed by atoms with Gasteiger partial charge in [0, 0.05) is 12.2 Å². The first-order chi connectivity index (χ1) is 13.6. The maximum Gasteiger partial charge on any atom is 0.259 e. The molecule has 0 saturated carbocycles. The Morgan fingerprint density at radius 2 is 2.04 bits per heavy atom. The molecular weight excluding hydrogens is 356 g/mol. The van der Waals surface area contributed by atoms with Crippen LogP contribution in [0.4, 0.5) is 0 Å². The van der Waals surface area contributed by atoms with Gasteiger partial charge in [-0.05, 0) is 45.1 Å². The Hall–Kier alpha value is -3.26. The van der Waals surface area contributed by atoms with Crippen LogP contribution in [0.3, 0.4) is 0 Å². The van der Waals surface area contributed by atoms with Crippen molar-refractivity contribution in [2.75, 3.05) is 20.1 Å².